The molecule has 0 amide bonds. The number of nitrogens with zero attached hydrogens (tertiary/aromatic N) is 2. The number of hydrogen-bond donors (Lipinski definition) is 3. The highest BCUT2D eigenvalue weighted by molar-refractivity contribution is 5.93. The van der Waals surface area contributed by atoms with E-state index in [1.54, 1.807) is 12.3 Å². The van der Waals surface area contributed by atoms with Crippen LogP contribution in [0.1, 0.15) is 19.0 Å². The second-order valence-corrected chi connectivity index (χ2v) is 4.48. The van der Waals surface area contributed by atoms with Crippen LogP contribution in [0.25, 0.3) is 0 Å². The van der Waals surface area contributed by atoms with Crippen LogP contribution in [0, 0.1) is 5.41 Å². The van der Waals surface area contributed by atoms with Gasteiger partial charge in [-0.25, -0.2) is 0 Å². The number of hydrogen-bond acceptors (Lipinski definition) is 4. The molecule has 1 aliphatic heterocycles. The minimum Gasteiger partial charge on any atom is -0.388 e. The molecule has 1 atom stereocenters. The highest BCUT2D eigenvalue weighted by atomic mass is 16.3. The fourth-order valence-corrected chi connectivity index (χ4v) is 1.90. The molecular formula is C11H16N4O. The summed E-state index contributed by atoms with van der Waals surface area (Å²) in [4.78, 5) is 6.18. The molecule has 1 aromatic heterocycles. The maximum Gasteiger partial charge on any atom is 0.141 e. The summed E-state index contributed by atoms with van der Waals surface area (Å²) >= 11 is 0. The number of amidine groups is 1. The van der Waals surface area contributed by atoms with Crippen molar-refractivity contribution >= 4 is 11.5 Å². The molecule has 1 saturated heterocycles. The Morgan fingerprint density at radius 1 is 1.62 bits per heavy atom. The van der Waals surface area contributed by atoms with Crippen LogP contribution in [0.3, 0.4) is 0 Å². The van der Waals surface area contributed by atoms with E-state index in [-0.39, 0.29) is 5.84 Å². The summed E-state index contributed by atoms with van der Waals surface area (Å²) in [6.45, 7) is 3.28. The average Bonchev–Trinajstić information content (AvgIpc) is 2.59. The molecule has 5 nitrogen and oxygen atoms in total. The Labute approximate surface area is 94.4 Å². The number of nitrogens with two attached hydrogens (primary N) is 1. The van der Waals surface area contributed by atoms with E-state index in [1.165, 1.54) is 0 Å². The zero-order chi connectivity index (χ0) is 11.8. The van der Waals surface area contributed by atoms with E-state index >= 15 is 0 Å². The number of nitrogen functional groups attached to an aromatic ring is 1. The van der Waals surface area contributed by atoms with Crippen molar-refractivity contribution in [1.29, 1.82) is 5.41 Å². The second-order valence-electron chi connectivity index (χ2n) is 4.48. The summed E-state index contributed by atoms with van der Waals surface area (Å²) in [5, 5.41) is 17.1. The lowest BCUT2D eigenvalue weighted by molar-refractivity contribution is 0.0839. The van der Waals surface area contributed by atoms with Gasteiger partial charge in [-0.15, -0.1) is 0 Å². The van der Waals surface area contributed by atoms with Crippen molar-refractivity contribution in [2.24, 2.45) is 5.73 Å². The standard InChI is InChI=1S/C11H16N4O/c1-11(16)4-5-15(7-11)8-2-3-9(10(12)13)14-6-8/h2-3,6,16H,4-5,7H2,1H3,(H3,12,13). The first-order valence-electron chi connectivity index (χ1n) is 5.26. The van der Waals surface area contributed by atoms with E-state index in [9.17, 15) is 5.11 Å². The number of nitrogens with one attached hydrogen (secondary N) is 1. The zero-order valence-corrected chi connectivity index (χ0v) is 9.27. The normalized spacial score (nSPS) is 24.8. The highest BCUT2D eigenvalue weighted by Gasteiger charge is 2.31. The molecule has 1 aliphatic rings. The van der Waals surface area contributed by atoms with Gasteiger partial charge < -0.3 is 15.7 Å². The lowest BCUT2D eigenvalue weighted by atomic mass is 10.1. The summed E-state index contributed by atoms with van der Waals surface area (Å²) in [5.74, 6) is -0.0278. The van der Waals surface area contributed by atoms with Gasteiger partial charge in [0.25, 0.3) is 0 Å². The van der Waals surface area contributed by atoms with Gasteiger partial charge in [-0.3, -0.25) is 10.4 Å². The maximum absolute atomic E-state index is 9.85. The van der Waals surface area contributed by atoms with Gasteiger partial charge in [-0.1, -0.05) is 0 Å². The van der Waals surface area contributed by atoms with E-state index in [0.29, 0.717) is 12.2 Å². The lowest BCUT2D eigenvalue weighted by Crippen LogP contribution is -2.29. The van der Waals surface area contributed by atoms with Gasteiger partial charge in [-0.2, -0.15) is 0 Å². The third-order valence-corrected chi connectivity index (χ3v) is 2.84. The zero-order valence-electron chi connectivity index (χ0n) is 9.27. The summed E-state index contributed by atoms with van der Waals surface area (Å²) in [6, 6.07) is 3.61. The molecule has 0 radical (unpaired) electrons. The summed E-state index contributed by atoms with van der Waals surface area (Å²) in [5.41, 5.74) is 6.16. The number of aliphatic hydroxyl groups is 1. The highest BCUT2D eigenvalue weighted by Crippen LogP contribution is 2.25. The Hall–Kier alpha value is -1.62. The molecule has 1 aromatic rings. The molecule has 16 heavy (non-hydrogen) atoms. The number of anilines is 1. The van der Waals surface area contributed by atoms with Crippen LogP contribution in [0.5, 0.6) is 0 Å². The van der Waals surface area contributed by atoms with Gasteiger partial charge in [0, 0.05) is 13.1 Å². The van der Waals surface area contributed by atoms with Crippen molar-refractivity contribution in [1.82, 2.24) is 4.98 Å². The molecule has 0 spiro atoms. The SMILES string of the molecule is CC1(O)CCN(c2ccc(C(=N)N)nc2)C1. The quantitative estimate of drug-likeness (QED) is 0.495. The maximum atomic E-state index is 9.85. The van der Waals surface area contributed by atoms with Crippen LogP contribution >= 0.6 is 0 Å². The van der Waals surface area contributed by atoms with Gasteiger partial charge in [-0.05, 0) is 25.5 Å². The van der Waals surface area contributed by atoms with E-state index < -0.39 is 5.60 Å². The average molecular weight is 220 g/mol. The number of rotatable bonds is 2. The van der Waals surface area contributed by atoms with Crippen LogP contribution in [0.15, 0.2) is 18.3 Å². The second kappa shape index (κ2) is 3.75. The van der Waals surface area contributed by atoms with Crippen molar-refractivity contribution in [3.05, 3.63) is 24.0 Å². The first kappa shape index (κ1) is 10.9. The van der Waals surface area contributed by atoms with E-state index in [4.69, 9.17) is 11.1 Å². The van der Waals surface area contributed by atoms with E-state index in [0.717, 1.165) is 18.7 Å². The summed E-state index contributed by atoms with van der Waals surface area (Å²) in [6.07, 6.45) is 2.46. The predicted octanol–water partition coefficient (Wildman–Crippen LogP) is 0.327. The lowest BCUT2D eigenvalue weighted by Gasteiger charge is -2.20. The van der Waals surface area contributed by atoms with Crippen LogP contribution in [-0.4, -0.2) is 34.6 Å². The van der Waals surface area contributed by atoms with Gasteiger partial charge in [0.1, 0.15) is 11.5 Å². The van der Waals surface area contributed by atoms with Gasteiger partial charge in [0.05, 0.1) is 17.5 Å². The molecule has 4 N–H and O–H groups in total. The van der Waals surface area contributed by atoms with Crippen molar-refractivity contribution in [2.45, 2.75) is 18.9 Å². The number of β-amino-alcohol motifs (C(OH)–C–C–N with tert-alkyl or cyclic N) is 1. The molecule has 86 valence electrons. The third-order valence-electron chi connectivity index (χ3n) is 2.84. The first-order chi connectivity index (χ1) is 7.48. The topological polar surface area (TPSA) is 86.2 Å². The molecule has 1 fully saturated rings. The molecule has 1 unspecified atom stereocenters. The van der Waals surface area contributed by atoms with Gasteiger partial charge in [0.15, 0.2) is 0 Å². The molecule has 0 saturated carbocycles. The Morgan fingerprint density at radius 2 is 2.38 bits per heavy atom. The van der Waals surface area contributed by atoms with Crippen molar-refractivity contribution in [3.63, 3.8) is 0 Å². The third kappa shape index (κ3) is 2.14. The fraction of sp³-hybridized carbons (Fsp3) is 0.455. The van der Waals surface area contributed by atoms with E-state index in [2.05, 4.69) is 9.88 Å². The Balaban J connectivity index is 2.14. The number of pyridine rings is 1. The molecule has 2 heterocycles. The van der Waals surface area contributed by atoms with Gasteiger partial charge in [0.2, 0.25) is 0 Å². The van der Waals surface area contributed by atoms with Gasteiger partial charge >= 0.3 is 0 Å². The van der Waals surface area contributed by atoms with Crippen molar-refractivity contribution in [3.8, 4) is 0 Å². The van der Waals surface area contributed by atoms with E-state index in [1.807, 2.05) is 13.0 Å². The molecule has 0 bridgehead atoms. The van der Waals surface area contributed by atoms with Crippen LogP contribution in [-0.2, 0) is 0 Å². The van der Waals surface area contributed by atoms with Crippen molar-refractivity contribution < 1.29 is 5.11 Å². The predicted molar refractivity (Wildman–Crippen MR) is 62.7 cm³/mol. The molecule has 0 aromatic carbocycles. The smallest absolute Gasteiger partial charge is 0.141 e. The molecular weight excluding hydrogens is 204 g/mol. The minimum absolute atomic E-state index is 0.0278. The fourth-order valence-electron chi connectivity index (χ4n) is 1.90. The molecule has 2 rings (SSSR count). The number of aromatic nitrogens is 1. The summed E-state index contributed by atoms with van der Waals surface area (Å²) < 4.78 is 0. The monoisotopic (exact) mass is 220 g/mol. The van der Waals surface area contributed by atoms with Crippen LogP contribution in [0.2, 0.25) is 0 Å². The largest absolute Gasteiger partial charge is 0.388 e. The van der Waals surface area contributed by atoms with Crippen LogP contribution < -0.4 is 10.6 Å². The first-order valence-corrected chi connectivity index (χ1v) is 5.26. The minimum atomic E-state index is -0.612. The molecule has 0 aliphatic carbocycles. The van der Waals surface area contributed by atoms with Crippen LogP contribution in [0.4, 0.5) is 5.69 Å². The van der Waals surface area contributed by atoms with Crippen molar-refractivity contribution in [2.75, 3.05) is 18.0 Å². The Bertz CT molecular complexity index is 399. The Kier molecular flexibility index (Phi) is 2.55. The Morgan fingerprint density at radius 3 is 2.81 bits per heavy atom. The molecule has 5 heteroatoms. The summed E-state index contributed by atoms with van der Waals surface area (Å²) in [7, 11) is 0.